The van der Waals surface area contributed by atoms with Gasteiger partial charge in [0.15, 0.2) is 5.78 Å². The number of hydrogen-bond acceptors (Lipinski definition) is 5. The molecule has 0 radical (unpaired) electrons. The predicted octanol–water partition coefficient (Wildman–Crippen LogP) is 2.40. The molecule has 1 saturated heterocycles. The molecule has 9 heteroatoms. The Morgan fingerprint density at radius 2 is 2.14 bits per heavy atom. The number of benzene rings is 1. The van der Waals surface area contributed by atoms with Crippen LogP contribution in [0.5, 0.6) is 5.75 Å². The van der Waals surface area contributed by atoms with Gasteiger partial charge in [-0.2, -0.15) is 0 Å². The molecule has 1 aliphatic heterocycles. The van der Waals surface area contributed by atoms with Crippen molar-refractivity contribution in [3.05, 3.63) is 34.1 Å². The van der Waals surface area contributed by atoms with Gasteiger partial charge in [0.25, 0.3) is 5.56 Å². The third-order valence-corrected chi connectivity index (χ3v) is 5.23. The third kappa shape index (κ3) is 4.16. The van der Waals surface area contributed by atoms with Gasteiger partial charge >= 0.3 is 0 Å². The van der Waals surface area contributed by atoms with Crippen LogP contribution in [-0.2, 0) is 15.5 Å². The summed E-state index contributed by atoms with van der Waals surface area (Å²) in [5.74, 6) is -0.368. The quantitative estimate of drug-likeness (QED) is 0.765. The van der Waals surface area contributed by atoms with E-state index in [-0.39, 0.29) is 52.6 Å². The Hall–Kier alpha value is -2.48. The fraction of sp³-hybridized carbons (Fsp3) is 0.474. The SMILES string of the molecule is CC(=O)C1CC(COc2cc(F)c3c(=O)[nH]c(CCl)nc3c2)CCN1C(C)=O. The molecule has 2 unspecified atom stereocenters. The number of H-pyrrole nitrogens is 1. The Balaban J connectivity index is 1.76. The lowest BCUT2D eigenvalue weighted by Gasteiger charge is -2.37. The summed E-state index contributed by atoms with van der Waals surface area (Å²) in [5, 5.41) is -0.146. The number of ketones is 1. The highest BCUT2D eigenvalue weighted by molar-refractivity contribution is 6.16. The lowest BCUT2D eigenvalue weighted by molar-refractivity contribution is -0.140. The molecule has 150 valence electrons. The predicted molar refractivity (Wildman–Crippen MR) is 102 cm³/mol. The van der Waals surface area contributed by atoms with Crippen LogP contribution in [0.3, 0.4) is 0 Å². The maximum Gasteiger partial charge on any atom is 0.261 e. The van der Waals surface area contributed by atoms with Gasteiger partial charge in [0, 0.05) is 25.6 Å². The van der Waals surface area contributed by atoms with E-state index in [9.17, 15) is 18.8 Å². The highest BCUT2D eigenvalue weighted by Crippen LogP contribution is 2.26. The van der Waals surface area contributed by atoms with E-state index in [1.165, 1.54) is 19.9 Å². The van der Waals surface area contributed by atoms with Crippen molar-refractivity contribution in [1.29, 1.82) is 0 Å². The van der Waals surface area contributed by atoms with Crippen molar-refractivity contribution >= 4 is 34.2 Å². The van der Waals surface area contributed by atoms with E-state index in [2.05, 4.69) is 9.97 Å². The van der Waals surface area contributed by atoms with E-state index < -0.39 is 17.4 Å². The molecule has 1 aromatic carbocycles. The number of carbonyl (C=O) groups is 2. The van der Waals surface area contributed by atoms with Gasteiger partial charge in [0.1, 0.15) is 22.8 Å². The number of aromatic amines is 1. The van der Waals surface area contributed by atoms with Crippen LogP contribution in [0.4, 0.5) is 4.39 Å². The molecule has 28 heavy (non-hydrogen) atoms. The van der Waals surface area contributed by atoms with Crippen LogP contribution < -0.4 is 10.3 Å². The van der Waals surface area contributed by atoms with Crippen molar-refractivity contribution in [2.75, 3.05) is 13.2 Å². The van der Waals surface area contributed by atoms with Gasteiger partial charge in [0.2, 0.25) is 5.91 Å². The van der Waals surface area contributed by atoms with Gasteiger partial charge in [-0.05, 0) is 25.7 Å². The van der Waals surface area contributed by atoms with Crippen LogP contribution in [0, 0.1) is 11.7 Å². The fourth-order valence-corrected chi connectivity index (χ4v) is 3.69. The van der Waals surface area contributed by atoms with Gasteiger partial charge < -0.3 is 14.6 Å². The topological polar surface area (TPSA) is 92.4 Å². The van der Waals surface area contributed by atoms with E-state index in [0.29, 0.717) is 19.4 Å². The Labute approximate surface area is 165 Å². The highest BCUT2D eigenvalue weighted by Gasteiger charge is 2.33. The number of likely N-dealkylation sites (tertiary alicyclic amines) is 1. The summed E-state index contributed by atoms with van der Waals surface area (Å²) in [5.41, 5.74) is -0.423. The number of Topliss-reactive ketones (excluding diaryl/α,β-unsaturated/α-hetero) is 1. The summed E-state index contributed by atoms with van der Waals surface area (Å²) in [6, 6.07) is 2.18. The standard InChI is InChI=1S/C19H21ClFN3O4/c1-10(25)16-5-12(3-4-24(16)11(2)26)9-28-13-6-14(21)18-15(7-13)22-17(8-20)23-19(18)27/h6-7,12,16H,3-5,8-9H2,1-2H3,(H,22,23,27). The molecule has 3 rings (SSSR count). The molecule has 0 saturated carbocycles. The molecule has 1 aromatic heterocycles. The van der Waals surface area contributed by atoms with E-state index in [0.717, 1.165) is 6.07 Å². The molecule has 1 N–H and O–H groups in total. The van der Waals surface area contributed by atoms with Crippen molar-refractivity contribution in [1.82, 2.24) is 14.9 Å². The fourth-order valence-electron chi connectivity index (χ4n) is 3.56. The Kier molecular flexibility index (Phi) is 5.98. The van der Waals surface area contributed by atoms with Crippen molar-refractivity contribution in [2.24, 2.45) is 5.92 Å². The second-order valence-electron chi connectivity index (χ2n) is 6.99. The number of nitrogens with one attached hydrogen (secondary N) is 1. The second-order valence-corrected chi connectivity index (χ2v) is 7.25. The summed E-state index contributed by atoms with van der Waals surface area (Å²) in [6.45, 7) is 3.68. The largest absolute Gasteiger partial charge is 0.493 e. The lowest BCUT2D eigenvalue weighted by atomic mass is 9.89. The average Bonchev–Trinajstić information content (AvgIpc) is 2.65. The first-order chi connectivity index (χ1) is 13.3. The van der Waals surface area contributed by atoms with Gasteiger partial charge in [0.05, 0.1) is 24.0 Å². The normalized spacial score (nSPS) is 19.6. The number of piperidine rings is 1. The number of amides is 1. The first-order valence-corrected chi connectivity index (χ1v) is 9.52. The van der Waals surface area contributed by atoms with Crippen LogP contribution in [0.1, 0.15) is 32.5 Å². The number of fused-ring (bicyclic) bond motifs is 1. The molecule has 0 spiro atoms. The third-order valence-electron chi connectivity index (χ3n) is 4.98. The molecule has 2 heterocycles. The Morgan fingerprint density at radius 1 is 1.39 bits per heavy atom. The zero-order chi connectivity index (χ0) is 20.4. The molecule has 7 nitrogen and oxygen atoms in total. The summed E-state index contributed by atoms with van der Waals surface area (Å²) in [4.78, 5) is 43.7. The van der Waals surface area contributed by atoms with Crippen LogP contribution >= 0.6 is 11.6 Å². The van der Waals surface area contributed by atoms with Gasteiger partial charge in [-0.3, -0.25) is 14.4 Å². The number of hydrogen-bond donors (Lipinski definition) is 1. The minimum absolute atomic E-state index is 0.000951. The van der Waals surface area contributed by atoms with E-state index in [1.807, 2.05) is 0 Å². The summed E-state index contributed by atoms with van der Waals surface area (Å²) >= 11 is 5.70. The number of alkyl halides is 1. The molecule has 2 aromatic rings. The van der Waals surface area contributed by atoms with Crippen LogP contribution in [0.25, 0.3) is 10.9 Å². The number of ether oxygens (including phenoxy) is 1. The van der Waals surface area contributed by atoms with E-state index in [1.54, 1.807) is 4.90 Å². The molecular formula is C19H21ClFN3O4. The molecule has 1 fully saturated rings. The van der Waals surface area contributed by atoms with Crippen molar-refractivity contribution in [3.63, 3.8) is 0 Å². The molecule has 2 atom stereocenters. The Morgan fingerprint density at radius 3 is 2.79 bits per heavy atom. The zero-order valence-corrected chi connectivity index (χ0v) is 16.4. The summed E-state index contributed by atoms with van der Waals surface area (Å²) < 4.78 is 20.1. The number of rotatable bonds is 5. The van der Waals surface area contributed by atoms with E-state index >= 15 is 0 Å². The number of nitrogens with zero attached hydrogens (tertiary/aromatic N) is 2. The lowest BCUT2D eigenvalue weighted by Crippen LogP contribution is -2.49. The zero-order valence-electron chi connectivity index (χ0n) is 15.6. The molecule has 0 bridgehead atoms. The Bertz CT molecular complexity index is 978. The molecule has 1 amide bonds. The summed E-state index contributed by atoms with van der Waals surface area (Å²) in [7, 11) is 0. The highest BCUT2D eigenvalue weighted by atomic mass is 35.5. The molecule has 0 aliphatic carbocycles. The number of aromatic nitrogens is 2. The average molecular weight is 410 g/mol. The van der Waals surface area contributed by atoms with Gasteiger partial charge in [-0.1, -0.05) is 0 Å². The molecule has 1 aliphatic rings. The first kappa shape index (κ1) is 20.3. The minimum atomic E-state index is -0.726. The van der Waals surface area contributed by atoms with Crippen molar-refractivity contribution in [3.8, 4) is 5.75 Å². The van der Waals surface area contributed by atoms with Crippen molar-refractivity contribution < 1.29 is 18.7 Å². The second kappa shape index (κ2) is 8.26. The van der Waals surface area contributed by atoms with Gasteiger partial charge in [-0.25, -0.2) is 9.37 Å². The van der Waals surface area contributed by atoms with Crippen LogP contribution in [0.2, 0.25) is 0 Å². The first-order valence-electron chi connectivity index (χ1n) is 8.99. The van der Waals surface area contributed by atoms with E-state index in [4.69, 9.17) is 16.3 Å². The maximum absolute atomic E-state index is 14.4. The van der Waals surface area contributed by atoms with Gasteiger partial charge in [-0.15, -0.1) is 11.6 Å². The molecular weight excluding hydrogens is 389 g/mol. The minimum Gasteiger partial charge on any atom is -0.493 e. The summed E-state index contributed by atoms with van der Waals surface area (Å²) in [6.07, 6.45) is 1.19. The monoisotopic (exact) mass is 409 g/mol. The van der Waals surface area contributed by atoms with Crippen LogP contribution in [0.15, 0.2) is 16.9 Å². The maximum atomic E-state index is 14.4. The number of halogens is 2. The number of carbonyl (C=O) groups excluding carboxylic acids is 2. The van der Waals surface area contributed by atoms with Crippen molar-refractivity contribution in [2.45, 2.75) is 38.6 Å². The smallest absolute Gasteiger partial charge is 0.261 e. The van der Waals surface area contributed by atoms with Crippen LogP contribution in [-0.4, -0.2) is 45.8 Å².